The second-order valence-corrected chi connectivity index (χ2v) is 10.6. The standard InChI is InChI=1S/C29H25O2P/c30-29(25-17-7-2-8-18-25)28(23-13-16-24-14-5-1-6-15-24)32(31,26-19-9-3-10-20-26)27-21-11-4-12-22-27/h1-22,28H,23H2/b16-13+. The van der Waals surface area contributed by atoms with Gasteiger partial charge in [0, 0.05) is 16.2 Å². The van der Waals surface area contributed by atoms with E-state index in [2.05, 4.69) is 0 Å². The first-order valence-corrected chi connectivity index (χ1v) is 12.5. The van der Waals surface area contributed by atoms with Crippen LogP contribution >= 0.6 is 7.14 Å². The SMILES string of the molecule is O=C(c1ccccc1)C(C/C=C/c1ccccc1)P(=O)(c1ccccc1)c1ccccc1. The third kappa shape index (κ3) is 4.72. The van der Waals surface area contributed by atoms with Gasteiger partial charge in [-0.1, -0.05) is 133 Å². The number of hydrogen-bond acceptors (Lipinski definition) is 2. The summed E-state index contributed by atoms with van der Waals surface area (Å²) in [5.41, 5.74) is 0.931. The smallest absolute Gasteiger partial charge is 0.174 e. The highest BCUT2D eigenvalue weighted by molar-refractivity contribution is 7.80. The van der Waals surface area contributed by atoms with E-state index in [-0.39, 0.29) is 5.78 Å². The van der Waals surface area contributed by atoms with Gasteiger partial charge in [0.1, 0.15) is 0 Å². The Bertz CT molecular complexity index is 1170. The molecule has 1 atom stereocenters. The predicted octanol–water partition coefficient (Wildman–Crippen LogP) is 6.36. The highest BCUT2D eigenvalue weighted by Gasteiger charge is 2.40. The maximum Gasteiger partial charge on any atom is 0.174 e. The minimum atomic E-state index is -3.28. The molecule has 0 radical (unpaired) electrons. The first-order chi connectivity index (χ1) is 15.7. The highest BCUT2D eigenvalue weighted by Crippen LogP contribution is 2.51. The second-order valence-electron chi connectivity index (χ2n) is 7.62. The summed E-state index contributed by atoms with van der Waals surface area (Å²) >= 11 is 0. The van der Waals surface area contributed by atoms with Gasteiger partial charge in [0.2, 0.25) is 0 Å². The molecule has 4 aromatic carbocycles. The summed E-state index contributed by atoms with van der Waals surface area (Å²) < 4.78 is 14.9. The van der Waals surface area contributed by atoms with Crippen molar-refractivity contribution in [3.63, 3.8) is 0 Å². The number of benzene rings is 4. The number of rotatable bonds is 8. The lowest BCUT2D eigenvalue weighted by Gasteiger charge is -2.27. The van der Waals surface area contributed by atoms with Gasteiger partial charge in [-0.25, -0.2) is 0 Å². The second kappa shape index (κ2) is 10.2. The lowest BCUT2D eigenvalue weighted by molar-refractivity contribution is 0.0987. The fraction of sp³-hybridized carbons (Fsp3) is 0.0690. The fourth-order valence-corrected chi connectivity index (χ4v) is 7.07. The van der Waals surface area contributed by atoms with E-state index in [0.717, 1.165) is 5.56 Å². The normalized spacial score (nSPS) is 12.5. The van der Waals surface area contributed by atoms with E-state index in [1.54, 1.807) is 12.1 Å². The number of carbonyl (C=O) groups is 1. The average Bonchev–Trinajstić information content (AvgIpc) is 2.88. The molecule has 0 bridgehead atoms. The van der Waals surface area contributed by atoms with Crippen molar-refractivity contribution in [1.29, 1.82) is 0 Å². The van der Waals surface area contributed by atoms with Crippen LogP contribution in [0, 0.1) is 0 Å². The van der Waals surface area contributed by atoms with E-state index in [1.165, 1.54) is 0 Å². The lowest BCUT2D eigenvalue weighted by atomic mass is 10.1. The van der Waals surface area contributed by atoms with Crippen LogP contribution in [0.25, 0.3) is 6.08 Å². The van der Waals surface area contributed by atoms with E-state index < -0.39 is 12.8 Å². The summed E-state index contributed by atoms with van der Waals surface area (Å²) in [7, 11) is -3.28. The number of hydrogen-bond donors (Lipinski definition) is 0. The number of Topliss-reactive ketones (excluding diaryl/α,β-unsaturated/α-hetero) is 1. The van der Waals surface area contributed by atoms with Crippen LogP contribution in [0.4, 0.5) is 0 Å². The molecule has 1 unspecified atom stereocenters. The molecule has 4 aromatic rings. The van der Waals surface area contributed by atoms with E-state index in [0.29, 0.717) is 22.6 Å². The Balaban J connectivity index is 1.82. The molecular weight excluding hydrogens is 411 g/mol. The molecule has 2 nitrogen and oxygen atoms in total. The van der Waals surface area contributed by atoms with Gasteiger partial charge in [-0.15, -0.1) is 0 Å². The van der Waals surface area contributed by atoms with Crippen LogP contribution in [-0.2, 0) is 4.57 Å². The highest BCUT2D eigenvalue weighted by atomic mass is 31.2. The third-order valence-electron chi connectivity index (χ3n) is 5.55. The number of ketones is 1. The Morgan fingerprint density at radius 2 is 1.09 bits per heavy atom. The molecule has 0 aliphatic carbocycles. The Hall–Kier alpha value is -3.48. The number of allylic oxidation sites excluding steroid dienone is 1. The largest absolute Gasteiger partial charge is 0.313 e. The molecule has 4 rings (SSSR count). The van der Waals surface area contributed by atoms with Crippen LogP contribution in [0.3, 0.4) is 0 Å². The van der Waals surface area contributed by atoms with Crippen molar-refractivity contribution in [2.75, 3.05) is 0 Å². The van der Waals surface area contributed by atoms with Gasteiger partial charge >= 0.3 is 0 Å². The van der Waals surface area contributed by atoms with Crippen molar-refractivity contribution >= 4 is 29.6 Å². The molecule has 0 saturated heterocycles. The van der Waals surface area contributed by atoms with Gasteiger partial charge in [-0.05, 0) is 12.0 Å². The van der Waals surface area contributed by atoms with E-state index in [9.17, 15) is 9.36 Å². The minimum Gasteiger partial charge on any atom is -0.313 e. The summed E-state index contributed by atoms with van der Waals surface area (Å²) in [4.78, 5) is 13.8. The Labute approximate surface area is 189 Å². The van der Waals surface area contributed by atoms with Crippen molar-refractivity contribution < 1.29 is 9.36 Å². The van der Waals surface area contributed by atoms with Crippen LogP contribution in [0.5, 0.6) is 0 Å². The van der Waals surface area contributed by atoms with Gasteiger partial charge in [0.05, 0.1) is 5.66 Å². The molecule has 3 heteroatoms. The quantitative estimate of drug-likeness (QED) is 0.238. The molecule has 0 aliphatic heterocycles. The molecule has 0 amide bonds. The monoisotopic (exact) mass is 436 g/mol. The Morgan fingerprint density at radius 3 is 1.59 bits per heavy atom. The van der Waals surface area contributed by atoms with Crippen molar-refractivity contribution in [2.24, 2.45) is 0 Å². The average molecular weight is 436 g/mol. The lowest BCUT2D eigenvalue weighted by Crippen LogP contribution is -2.31. The summed E-state index contributed by atoms with van der Waals surface area (Å²) in [6.07, 6.45) is 4.34. The molecule has 0 aromatic heterocycles. The summed E-state index contributed by atoms with van der Waals surface area (Å²) in [5, 5.41) is 1.40. The zero-order chi connectivity index (χ0) is 22.2. The van der Waals surface area contributed by atoms with Crippen LogP contribution in [0.1, 0.15) is 22.3 Å². The molecule has 0 aliphatic rings. The number of carbonyl (C=O) groups excluding carboxylic acids is 1. The van der Waals surface area contributed by atoms with Crippen molar-refractivity contribution in [3.8, 4) is 0 Å². The van der Waals surface area contributed by atoms with Gasteiger partial charge in [-0.2, -0.15) is 0 Å². The maximum atomic E-state index is 14.9. The molecule has 0 fully saturated rings. The molecule has 158 valence electrons. The molecule has 0 spiro atoms. The van der Waals surface area contributed by atoms with Gasteiger partial charge in [-0.3, -0.25) is 4.79 Å². The van der Waals surface area contributed by atoms with Crippen LogP contribution in [-0.4, -0.2) is 11.4 Å². The van der Waals surface area contributed by atoms with E-state index in [4.69, 9.17) is 0 Å². The summed E-state index contributed by atoms with van der Waals surface area (Å²) in [6, 6.07) is 38.0. The van der Waals surface area contributed by atoms with E-state index >= 15 is 0 Å². The topological polar surface area (TPSA) is 34.1 Å². The van der Waals surface area contributed by atoms with Crippen LogP contribution in [0.15, 0.2) is 127 Å². The van der Waals surface area contributed by atoms with Gasteiger partial charge < -0.3 is 4.57 Å². The van der Waals surface area contributed by atoms with Crippen molar-refractivity contribution in [2.45, 2.75) is 12.1 Å². The summed E-state index contributed by atoms with van der Waals surface area (Å²) in [5.74, 6) is -0.0978. The van der Waals surface area contributed by atoms with Crippen molar-refractivity contribution in [1.82, 2.24) is 0 Å². The zero-order valence-corrected chi connectivity index (χ0v) is 18.6. The Morgan fingerprint density at radius 1 is 0.656 bits per heavy atom. The van der Waals surface area contributed by atoms with Crippen molar-refractivity contribution in [3.05, 3.63) is 139 Å². The van der Waals surface area contributed by atoms with Crippen LogP contribution < -0.4 is 10.6 Å². The minimum absolute atomic E-state index is 0.0978. The fourth-order valence-electron chi connectivity index (χ4n) is 3.92. The summed E-state index contributed by atoms with van der Waals surface area (Å²) in [6.45, 7) is 0. The van der Waals surface area contributed by atoms with Crippen LogP contribution in [0.2, 0.25) is 0 Å². The maximum absolute atomic E-state index is 14.9. The first kappa shape index (κ1) is 21.7. The molecule has 0 N–H and O–H groups in total. The third-order valence-corrected chi connectivity index (χ3v) is 9.00. The first-order valence-electron chi connectivity index (χ1n) is 10.7. The molecule has 0 saturated carbocycles. The Kier molecular flexibility index (Phi) is 6.94. The van der Waals surface area contributed by atoms with Gasteiger partial charge in [0.15, 0.2) is 12.9 Å². The molecular formula is C29H25O2P. The molecule has 0 heterocycles. The van der Waals surface area contributed by atoms with Gasteiger partial charge in [0.25, 0.3) is 0 Å². The van der Waals surface area contributed by atoms with E-state index in [1.807, 2.05) is 121 Å². The predicted molar refractivity (Wildman–Crippen MR) is 134 cm³/mol. The molecule has 32 heavy (non-hydrogen) atoms. The zero-order valence-electron chi connectivity index (χ0n) is 17.7.